The summed E-state index contributed by atoms with van der Waals surface area (Å²) < 4.78 is 13.0. The number of para-hydroxylation sites is 1. The van der Waals surface area contributed by atoms with Crippen LogP contribution in [0, 0.1) is 0 Å². The molecular weight excluding hydrogens is 510 g/mol. The van der Waals surface area contributed by atoms with E-state index in [9.17, 15) is 9.59 Å². The Kier molecular flexibility index (Phi) is 7.54. The Morgan fingerprint density at radius 2 is 1.77 bits per heavy atom. The molecule has 0 aliphatic carbocycles. The predicted molar refractivity (Wildman–Crippen MR) is 151 cm³/mol. The van der Waals surface area contributed by atoms with Gasteiger partial charge in [-0.2, -0.15) is 5.10 Å². The first-order valence-electron chi connectivity index (χ1n) is 13.2. The van der Waals surface area contributed by atoms with Gasteiger partial charge in [0.2, 0.25) is 5.91 Å². The van der Waals surface area contributed by atoms with Gasteiger partial charge in [0.1, 0.15) is 41.5 Å². The van der Waals surface area contributed by atoms with Crippen molar-refractivity contribution in [3.63, 3.8) is 0 Å². The highest BCUT2D eigenvalue weighted by atomic mass is 16.6. The second-order valence-electron chi connectivity index (χ2n) is 10.7. The summed E-state index contributed by atoms with van der Waals surface area (Å²) >= 11 is 0. The second kappa shape index (κ2) is 11.2. The zero-order chi connectivity index (χ0) is 28.3. The number of hydrogen-bond donors (Lipinski definition) is 2. The van der Waals surface area contributed by atoms with Gasteiger partial charge in [-0.1, -0.05) is 18.2 Å². The lowest BCUT2D eigenvalue weighted by Crippen LogP contribution is -2.46. The minimum absolute atomic E-state index is 0.120. The first-order valence-corrected chi connectivity index (χ1v) is 13.2. The summed E-state index contributed by atoms with van der Waals surface area (Å²) in [4.78, 5) is 35.4. The number of likely N-dealkylation sites (tertiary alicyclic amines) is 1. The molecule has 0 unspecified atom stereocenters. The van der Waals surface area contributed by atoms with Crippen LogP contribution in [0.25, 0.3) is 22.3 Å². The number of benzene rings is 2. The van der Waals surface area contributed by atoms with Gasteiger partial charge in [0.15, 0.2) is 5.65 Å². The van der Waals surface area contributed by atoms with Crippen LogP contribution in [0.1, 0.15) is 39.7 Å². The number of nitrogen functional groups attached to an aromatic ring is 1. The third kappa shape index (κ3) is 6.14. The van der Waals surface area contributed by atoms with E-state index >= 15 is 0 Å². The molecule has 0 spiro atoms. The van der Waals surface area contributed by atoms with Crippen LogP contribution < -0.4 is 15.8 Å². The third-order valence-corrected chi connectivity index (χ3v) is 6.50. The van der Waals surface area contributed by atoms with Crippen molar-refractivity contribution in [1.82, 2.24) is 30.0 Å². The van der Waals surface area contributed by atoms with E-state index in [-0.39, 0.29) is 18.5 Å². The van der Waals surface area contributed by atoms with Crippen LogP contribution in [0.3, 0.4) is 0 Å². The third-order valence-electron chi connectivity index (χ3n) is 6.50. The summed E-state index contributed by atoms with van der Waals surface area (Å²) in [5, 5.41) is 8.14. The summed E-state index contributed by atoms with van der Waals surface area (Å²) in [6, 6.07) is 17.1. The zero-order valence-electron chi connectivity index (χ0n) is 22.8. The predicted octanol–water partition coefficient (Wildman–Crippen LogP) is 4.56. The molecule has 1 aliphatic heterocycles. The average Bonchev–Trinajstić information content (AvgIpc) is 3.33. The van der Waals surface area contributed by atoms with Crippen molar-refractivity contribution in [2.45, 2.75) is 45.3 Å². The van der Waals surface area contributed by atoms with Crippen LogP contribution in [0.4, 0.5) is 10.6 Å². The molecule has 1 saturated heterocycles. The number of piperidine rings is 1. The van der Waals surface area contributed by atoms with E-state index < -0.39 is 11.7 Å². The number of hydrogen-bond acceptors (Lipinski definition) is 8. The van der Waals surface area contributed by atoms with E-state index in [0.29, 0.717) is 41.4 Å². The highest BCUT2D eigenvalue weighted by Crippen LogP contribution is 2.34. The Balaban J connectivity index is 1.35. The van der Waals surface area contributed by atoms with Gasteiger partial charge in [-0.15, -0.1) is 0 Å². The van der Waals surface area contributed by atoms with Gasteiger partial charge in [-0.3, -0.25) is 4.79 Å². The van der Waals surface area contributed by atoms with Crippen LogP contribution >= 0.6 is 0 Å². The van der Waals surface area contributed by atoms with E-state index in [1.165, 1.54) is 6.33 Å². The molecule has 5 rings (SSSR count). The van der Waals surface area contributed by atoms with Gasteiger partial charge in [0.05, 0.1) is 11.4 Å². The second-order valence-corrected chi connectivity index (χ2v) is 10.7. The van der Waals surface area contributed by atoms with Gasteiger partial charge in [-0.05, 0) is 70.0 Å². The van der Waals surface area contributed by atoms with Crippen molar-refractivity contribution in [2.24, 2.45) is 0 Å². The lowest BCUT2D eigenvalue weighted by Gasteiger charge is -2.33. The maximum absolute atomic E-state index is 12.9. The molecule has 2 amide bonds. The molecular formula is C29H33N7O4. The quantitative estimate of drug-likeness (QED) is 0.361. The maximum atomic E-state index is 12.9. The van der Waals surface area contributed by atoms with Gasteiger partial charge < -0.3 is 25.4 Å². The minimum Gasteiger partial charge on any atom is -0.457 e. The Hall–Kier alpha value is -4.67. The first kappa shape index (κ1) is 26.9. The largest absolute Gasteiger partial charge is 0.457 e. The highest BCUT2D eigenvalue weighted by molar-refractivity contribution is 5.98. The smallest absolute Gasteiger partial charge is 0.408 e. The van der Waals surface area contributed by atoms with Crippen molar-refractivity contribution >= 4 is 28.9 Å². The standard InChI is InChI=1S/C29H33N7O4/c1-29(2,3)40-28(38)31-16-23(37)35-15-7-8-20(17-35)36-27-24(26(30)32-18-33-27)25(34-36)19-11-13-22(14-12-19)39-21-9-5-4-6-10-21/h4-6,9-14,18,20H,7-8,15-17H2,1-3H3,(H,31,38)(H2,30,32,33)/t20-/m1/s1. The average molecular weight is 544 g/mol. The zero-order valence-corrected chi connectivity index (χ0v) is 22.8. The fourth-order valence-electron chi connectivity index (χ4n) is 4.71. The number of fused-ring (bicyclic) bond motifs is 1. The molecule has 2 aromatic heterocycles. The molecule has 0 bridgehead atoms. The lowest BCUT2D eigenvalue weighted by molar-refractivity contribution is -0.131. The van der Waals surface area contributed by atoms with Crippen LogP contribution in [-0.2, 0) is 9.53 Å². The molecule has 4 aromatic rings. The summed E-state index contributed by atoms with van der Waals surface area (Å²) in [6.07, 6.45) is 2.40. The van der Waals surface area contributed by atoms with Gasteiger partial charge in [-0.25, -0.2) is 19.4 Å². The Bertz CT molecular complexity index is 1500. The molecule has 1 fully saturated rings. The van der Waals surface area contributed by atoms with E-state index in [1.54, 1.807) is 25.7 Å². The van der Waals surface area contributed by atoms with E-state index in [0.717, 1.165) is 24.2 Å². The summed E-state index contributed by atoms with van der Waals surface area (Å²) in [5.74, 6) is 1.60. The summed E-state index contributed by atoms with van der Waals surface area (Å²) in [5.41, 5.74) is 7.79. The van der Waals surface area contributed by atoms with E-state index in [4.69, 9.17) is 20.3 Å². The fraction of sp³-hybridized carbons (Fsp3) is 0.345. The molecule has 208 valence electrons. The molecule has 1 atom stereocenters. The van der Waals surface area contributed by atoms with E-state index in [1.807, 2.05) is 59.3 Å². The first-order chi connectivity index (χ1) is 19.2. The molecule has 3 heterocycles. The monoisotopic (exact) mass is 543 g/mol. The Morgan fingerprint density at radius 1 is 1.05 bits per heavy atom. The number of aromatic nitrogens is 4. The fourth-order valence-corrected chi connectivity index (χ4v) is 4.71. The molecule has 2 aromatic carbocycles. The molecule has 40 heavy (non-hydrogen) atoms. The minimum atomic E-state index is -0.638. The van der Waals surface area contributed by atoms with Crippen LogP contribution in [-0.4, -0.2) is 61.9 Å². The molecule has 3 N–H and O–H groups in total. The Labute approximate surface area is 232 Å². The molecule has 0 radical (unpaired) electrons. The highest BCUT2D eigenvalue weighted by Gasteiger charge is 2.29. The number of rotatable bonds is 6. The van der Waals surface area contributed by atoms with Gasteiger partial charge >= 0.3 is 6.09 Å². The topological polar surface area (TPSA) is 137 Å². The number of nitrogens with one attached hydrogen (secondary N) is 1. The Morgan fingerprint density at radius 3 is 2.50 bits per heavy atom. The maximum Gasteiger partial charge on any atom is 0.408 e. The van der Waals surface area contributed by atoms with Crippen LogP contribution in [0.2, 0.25) is 0 Å². The normalized spacial score (nSPS) is 15.6. The van der Waals surface area contributed by atoms with Crippen molar-refractivity contribution < 1.29 is 19.1 Å². The van der Waals surface area contributed by atoms with Crippen molar-refractivity contribution in [3.8, 4) is 22.8 Å². The molecule has 11 nitrogen and oxygen atoms in total. The van der Waals surface area contributed by atoms with Gasteiger partial charge in [0, 0.05) is 18.7 Å². The van der Waals surface area contributed by atoms with Crippen molar-refractivity contribution in [2.75, 3.05) is 25.4 Å². The molecule has 0 saturated carbocycles. The van der Waals surface area contributed by atoms with Gasteiger partial charge in [0.25, 0.3) is 0 Å². The number of nitrogens with two attached hydrogens (primary N) is 1. The summed E-state index contributed by atoms with van der Waals surface area (Å²) in [7, 11) is 0. The number of anilines is 1. The van der Waals surface area contributed by atoms with Crippen molar-refractivity contribution in [1.29, 1.82) is 0 Å². The lowest BCUT2D eigenvalue weighted by atomic mass is 10.1. The van der Waals surface area contributed by atoms with Crippen molar-refractivity contribution in [3.05, 3.63) is 60.9 Å². The number of carbonyl (C=O) groups excluding carboxylic acids is 2. The van der Waals surface area contributed by atoms with E-state index in [2.05, 4.69) is 15.3 Å². The number of alkyl carbamates (subject to hydrolysis) is 1. The van der Waals surface area contributed by atoms with Crippen LogP contribution in [0.5, 0.6) is 11.5 Å². The number of nitrogens with zero attached hydrogens (tertiary/aromatic N) is 5. The molecule has 1 aliphatic rings. The number of ether oxygens (including phenoxy) is 2. The number of amides is 2. The molecule has 11 heteroatoms. The van der Waals surface area contributed by atoms with Crippen LogP contribution in [0.15, 0.2) is 60.9 Å². The number of carbonyl (C=O) groups is 2. The summed E-state index contributed by atoms with van der Waals surface area (Å²) in [6.45, 7) is 6.20. The SMILES string of the molecule is CC(C)(C)OC(=O)NCC(=O)N1CCC[C@@H](n2nc(-c3ccc(Oc4ccccc4)cc3)c3c(N)ncnc32)C1.